The van der Waals surface area contributed by atoms with Crippen LogP contribution in [-0.2, 0) is 0 Å². The molecular formula is C12H13BrFN5O. The van der Waals surface area contributed by atoms with Gasteiger partial charge in [0.1, 0.15) is 5.82 Å². The lowest BCUT2D eigenvalue weighted by molar-refractivity contribution is 0.379. The van der Waals surface area contributed by atoms with Gasteiger partial charge in [0, 0.05) is 12.2 Å². The van der Waals surface area contributed by atoms with Crippen LogP contribution in [0.2, 0.25) is 0 Å². The van der Waals surface area contributed by atoms with E-state index in [1.54, 1.807) is 12.1 Å². The summed E-state index contributed by atoms with van der Waals surface area (Å²) in [6, 6.07) is 4.72. The zero-order valence-corrected chi connectivity index (χ0v) is 12.5. The SMILES string of the molecule is CCNc1nc(Nc2ccc(F)c(Br)c2)nc(OC)n1. The van der Waals surface area contributed by atoms with Crippen LogP contribution in [0.25, 0.3) is 0 Å². The molecule has 1 aromatic heterocycles. The molecule has 0 spiro atoms. The fourth-order valence-corrected chi connectivity index (χ4v) is 1.82. The first-order valence-corrected chi connectivity index (χ1v) is 6.67. The second kappa shape index (κ2) is 6.47. The summed E-state index contributed by atoms with van der Waals surface area (Å²) in [6.45, 7) is 2.61. The molecule has 0 radical (unpaired) electrons. The minimum absolute atomic E-state index is 0.194. The molecule has 0 aliphatic rings. The van der Waals surface area contributed by atoms with E-state index >= 15 is 0 Å². The van der Waals surface area contributed by atoms with Gasteiger partial charge in [-0.1, -0.05) is 0 Å². The lowest BCUT2D eigenvalue weighted by Crippen LogP contribution is -2.07. The van der Waals surface area contributed by atoms with Gasteiger partial charge in [0.05, 0.1) is 11.6 Å². The Balaban J connectivity index is 2.27. The van der Waals surface area contributed by atoms with Crippen LogP contribution in [0.1, 0.15) is 6.92 Å². The van der Waals surface area contributed by atoms with E-state index in [1.165, 1.54) is 13.2 Å². The highest BCUT2D eigenvalue weighted by Crippen LogP contribution is 2.22. The Morgan fingerprint density at radius 2 is 2.00 bits per heavy atom. The van der Waals surface area contributed by atoms with Crippen LogP contribution < -0.4 is 15.4 Å². The van der Waals surface area contributed by atoms with Crippen molar-refractivity contribution in [2.24, 2.45) is 0 Å². The van der Waals surface area contributed by atoms with Crippen molar-refractivity contribution >= 4 is 33.5 Å². The molecule has 0 saturated heterocycles. The van der Waals surface area contributed by atoms with Gasteiger partial charge in [-0.05, 0) is 41.1 Å². The molecule has 1 heterocycles. The van der Waals surface area contributed by atoms with Crippen LogP contribution in [0.4, 0.5) is 22.0 Å². The Morgan fingerprint density at radius 1 is 1.25 bits per heavy atom. The first-order chi connectivity index (χ1) is 9.62. The first-order valence-electron chi connectivity index (χ1n) is 5.88. The number of nitrogens with one attached hydrogen (secondary N) is 2. The molecule has 0 unspecified atom stereocenters. The van der Waals surface area contributed by atoms with Gasteiger partial charge in [-0.15, -0.1) is 0 Å². The number of halogens is 2. The molecule has 106 valence electrons. The number of rotatable bonds is 5. The maximum atomic E-state index is 13.2. The van der Waals surface area contributed by atoms with E-state index in [0.29, 0.717) is 28.6 Å². The minimum Gasteiger partial charge on any atom is -0.467 e. The largest absolute Gasteiger partial charge is 0.467 e. The Bertz CT molecular complexity index is 610. The topological polar surface area (TPSA) is 72.0 Å². The summed E-state index contributed by atoms with van der Waals surface area (Å²) in [4.78, 5) is 12.3. The Morgan fingerprint density at radius 3 is 2.65 bits per heavy atom. The van der Waals surface area contributed by atoms with Crippen molar-refractivity contribution in [1.82, 2.24) is 15.0 Å². The van der Waals surface area contributed by atoms with Crippen molar-refractivity contribution in [3.63, 3.8) is 0 Å². The lowest BCUT2D eigenvalue weighted by Gasteiger charge is -2.09. The van der Waals surface area contributed by atoms with Crippen molar-refractivity contribution in [2.45, 2.75) is 6.92 Å². The number of methoxy groups -OCH3 is 1. The zero-order valence-electron chi connectivity index (χ0n) is 10.9. The molecule has 0 aliphatic carbocycles. The molecule has 0 fully saturated rings. The molecule has 0 amide bonds. The van der Waals surface area contributed by atoms with Crippen LogP contribution >= 0.6 is 15.9 Å². The van der Waals surface area contributed by atoms with E-state index < -0.39 is 0 Å². The number of anilines is 3. The summed E-state index contributed by atoms with van der Waals surface area (Å²) < 4.78 is 18.5. The summed E-state index contributed by atoms with van der Waals surface area (Å²) in [6.07, 6.45) is 0. The second-order valence-corrected chi connectivity index (χ2v) is 4.61. The quantitative estimate of drug-likeness (QED) is 0.871. The van der Waals surface area contributed by atoms with Gasteiger partial charge in [0.25, 0.3) is 0 Å². The van der Waals surface area contributed by atoms with Crippen LogP contribution in [0.3, 0.4) is 0 Å². The number of nitrogens with zero attached hydrogens (tertiary/aromatic N) is 3. The minimum atomic E-state index is -0.336. The molecule has 8 heteroatoms. The Hall–Kier alpha value is -1.96. The van der Waals surface area contributed by atoms with Crippen molar-refractivity contribution in [1.29, 1.82) is 0 Å². The molecule has 2 N–H and O–H groups in total. The molecule has 0 bridgehead atoms. The maximum Gasteiger partial charge on any atom is 0.322 e. The van der Waals surface area contributed by atoms with Crippen LogP contribution in [-0.4, -0.2) is 28.6 Å². The number of benzene rings is 1. The van der Waals surface area contributed by atoms with Crippen molar-refractivity contribution < 1.29 is 9.13 Å². The molecule has 2 aromatic rings. The first kappa shape index (κ1) is 14.4. The Labute approximate surface area is 123 Å². The summed E-state index contributed by atoms with van der Waals surface area (Å²) in [5.74, 6) is 0.381. The van der Waals surface area contributed by atoms with Gasteiger partial charge in [0.2, 0.25) is 11.9 Å². The van der Waals surface area contributed by atoms with E-state index in [9.17, 15) is 4.39 Å². The average molecular weight is 342 g/mol. The van der Waals surface area contributed by atoms with Crippen molar-refractivity contribution in [3.05, 3.63) is 28.5 Å². The fraction of sp³-hybridized carbons (Fsp3) is 0.250. The highest BCUT2D eigenvalue weighted by Gasteiger charge is 2.07. The molecule has 0 atom stereocenters. The summed E-state index contributed by atoms with van der Waals surface area (Å²) in [7, 11) is 1.48. The number of aromatic nitrogens is 3. The van der Waals surface area contributed by atoms with Gasteiger partial charge in [-0.3, -0.25) is 0 Å². The van der Waals surface area contributed by atoms with Crippen molar-refractivity contribution in [2.75, 3.05) is 24.3 Å². The third kappa shape index (κ3) is 3.53. The van der Waals surface area contributed by atoms with E-state index in [0.717, 1.165) is 0 Å². The molecule has 6 nitrogen and oxygen atoms in total. The Kier molecular flexibility index (Phi) is 4.67. The third-order valence-corrected chi connectivity index (χ3v) is 2.92. The standard InChI is InChI=1S/C12H13BrFN5O/c1-3-15-10-17-11(19-12(18-10)20-2)16-7-4-5-9(14)8(13)6-7/h4-6H,3H2,1-2H3,(H2,15,16,17,18,19). The van der Waals surface area contributed by atoms with Crippen LogP contribution in [0.5, 0.6) is 6.01 Å². The molecule has 20 heavy (non-hydrogen) atoms. The smallest absolute Gasteiger partial charge is 0.322 e. The molecule has 2 rings (SSSR count). The van der Waals surface area contributed by atoms with Gasteiger partial charge in [-0.25, -0.2) is 4.39 Å². The number of ether oxygens (including phenoxy) is 1. The van der Waals surface area contributed by atoms with Crippen LogP contribution in [0.15, 0.2) is 22.7 Å². The molecular weight excluding hydrogens is 329 g/mol. The summed E-state index contributed by atoms with van der Waals surface area (Å²) in [5.41, 5.74) is 0.647. The van der Waals surface area contributed by atoms with Crippen LogP contribution in [0, 0.1) is 5.82 Å². The van der Waals surface area contributed by atoms with Crippen molar-refractivity contribution in [3.8, 4) is 6.01 Å². The highest BCUT2D eigenvalue weighted by molar-refractivity contribution is 9.10. The van der Waals surface area contributed by atoms with Gasteiger partial charge >= 0.3 is 6.01 Å². The predicted molar refractivity (Wildman–Crippen MR) is 77.9 cm³/mol. The molecule has 1 aromatic carbocycles. The second-order valence-electron chi connectivity index (χ2n) is 3.75. The van der Waals surface area contributed by atoms with E-state index in [-0.39, 0.29) is 11.8 Å². The average Bonchev–Trinajstić information content (AvgIpc) is 2.43. The van der Waals surface area contributed by atoms with Gasteiger partial charge in [-0.2, -0.15) is 15.0 Å². The number of hydrogen-bond acceptors (Lipinski definition) is 6. The van der Waals surface area contributed by atoms with Gasteiger partial charge < -0.3 is 15.4 Å². The maximum absolute atomic E-state index is 13.2. The molecule has 0 saturated carbocycles. The number of hydrogen-bond donors (Lipinski definition) is 2. The van der Waals surface area contributed by atoms with E-state index in [4.69, 9.17) is 4.74 Å². The highest BCUT2D eigenvalue weighted by atomic mass is 79.9. The lowest BCUT2D eigenvalue weighted by atomic mass is 10.3. The molecule has 0 aliphatic heterocycles. The summed E-state index contributed by atoms with van der Waals surface area (Å²) >= 11 is 3.12. The van der Waals surface area contributed by atoms with E-state index in [2.05, 4.69) is 41.5 Å². The monoisotopic (exact) mass is 341 g/mol. The van der Waals surface area contributed by atoms with E-state index in [1.807, 2.05) is 6.92 Å². The summed E-state index contributed by atoms with van der Waals surface area (Å²) in [5, 5.41) is 5.94. The fourth-order valence-electron chi connectivity index (χ4n) is 1.44. The zero-order chi connectivity index (χ0) is 14.5. The third-order valence-electron chi connectivity index (χ3n) is 2.31. The normalized spacial score (nSPS) is 10.2. The predicted octanol–water partition coefficient (Wildman–Crippen LogP) is 2.96. The van der Waals surface area contributed by atoms with Gasteiger partial charge in [0.15, 0.2) is 0 Å².